The van der Waals surface area contributed by atoms with Crippen molar-refractivity contribution in [3.05, 3.63) is 18.2 Å². The monoisotopic (exact) mass is 298 g/mol. The molecule has 0 radical (unpaired) electrons. The number of rotatable bonds is 7. The van der Waals surface area contributed by atoms with Crippen molar-refractivity contribution in [2.75, 3.05) is 39.8 Å². The van der Waals surface area contributed by atoms with Gasteiger partial charge in [0.25, 0.3) is 0 Å². The molecule has 0 spiro atoms. The fraction of sp³-hybridized carbons (Fsp3) is 0.500. The normalized spacial score (nSPS) is 13.2. The Morgan fingerprint density at radius 2 is 1.76 bits per heavy atom. The predicted octanol–water partition coefficient (Wildman–Crippen LogP) is 1.22. The van der Waals surface area contributed by atoms with E-state index in [1.807, 2.05) is 0 Å². The molecule has 7 nitrogen and oxygen atoms in total. The number of hydrogen-bond acceptors (Lipinski definition) is 5. The molecule has 1 aromatic rings. The molecule has 0 aliphatic heterocycles. The second-order valence-electron chi connectivity index (χ2n) is 4.84. The molecular formula is C14H22N2O5. The lowest BCUT2D eigenvalue weighted by molar-refractivity contribution is -0.0133. The number of hydrogen-bond donors (Lipinski definition) is 3. The van der Waals surface area contributed by atoms with Gasteiger partial charge in [-0.05, 0) is 6.92 Å². The second-order valence-corrected chi connectivity index (χ2v) is 4.84. The van der Waals surface area contributed by atoms with E-state index < -0.39 is 11.6 Å². The van der Waals surface area contributed by atoms with Gasteiger partial charge in [-0.25, -0.2) is 4.79 Å². The molecule has 2 amide bonds. The average molecular weight is 298 g/mol. The highest BCUT2D eigenvalue weighted by Gasteiger charge is 2.21. The lowest BCUT2D eigenvalue weighted by Crippen LogP contribution is -2.45. The number of carbonyl (C=O) groups is 1. The first kappa shape index (κ1) is 17.1. The van der Waals surface area contributed by atoms with E-state index in [0.29, 0.717) is 17.2 Å². The summed E-state index contributed by atoms with van der Waals surface area (Å²) in [6.07, 6.45) is 0. The topological polar surface area (TPSA) is 89.1 Å². The number of carbonyl (C=O) groups excluding carboxylic acids is 1. The van der Waals surface area contributed by atoms with Gasteiger partial charge < -0.3 is 30.0 Å². The Labute approximate surface area is 124 Å². The number of urea groups is 1. The van der Waals surface area contributed by atoms with Gasteiger partial charge in [0, 0.05) is 31.0 Å². The van der Waals surface area contributed by atoms with Crippen LogP contribution in [0.4, 0.5) is 10.5 Å². The zero-order valence-electron chi connectivity index (χ0n) is 12.7. The molecule has 7 heteroatoms. The Hall–Kier alpha value is -1.99. The van der Waals surface area contributed by atoms with Crippen LogP contribution in [-0.2, 0) is 4.74 Å². The molecular weight excluding hydrogens is 276 g/mol. The van der Waals surface area contributed by atoms with Crippen molar-refractivity contribution in [3.8, 4) is 11.5 Å². The Balaban J connectivity index is 2.62. The highest BCUT2D eigenvalue weighted by Crippen LogP contribution is 2.25. The zero-order chi connectivity index (χ0) is 15.9. The summed E-state index contributed by atoms with van der Waals surface area (Å²) in [5.41, 5.74) is -0.604. The Kier molecular flexibility index (Phi) is 6.26. The lowest BCUT2D eigenvalue weighted by Gasteiger charge is -2.22. The number of methoxy groups -OCH3 is 3. The minimum atomic E-state index is -1.13. The van der Waals surface area contributed by atoms with Crippen LogP contribution in [0, 0.1) is 0 Å². The molecule has 0 aliphatic rings. The van der Waals surface area contributed by atoms with Gasteiger partial charge in [-0.1, -0.05) is 0 Å². The van der Waals surface area contributed by atoms with Crippen LogP contribution in [0.25, 0.3) is 0 Å². The second kappa shape index (κ2) is 7.70. The van der Waals surface area contributed by atoms with Crippen LogP contribution in [0.3, 0.4) is 0 Å². The van der Waals surface area contributed by atoms with E-state index in [0.717, 1.165) is 0 Å². The van der Waals surface area contributed by atoms with Crippen molar-refractivity contribution in [3.63, 3.8) is 0 Å². The minimum Gasteiger partial charge on any atom is -0.497 e. The van der Waals surface area contributed by atoms with Gasteiger partial charge >= 0.3 is 6.03 Å². The van der Waals surface area contributed by atoms with Gasteiger partial charge in [0.05, 0.1) is 27.4 Å². The molecule has 0 bridgehead atoms. The Morgan fingerprint density at radius 3 is 2.24 bits per heavy atom. The summed E-state index contributed by atoms with van der Waals surface area (Å²) in [5, 5.41) is 15.1. The summed E-state index contributed by atoms with van der Waals surface area (Å²) in [4.78, 5) is 11.8. The largest absolute Gasteiger partial charge is 0.497 e. The van der Waals surface area contributed by atoms with Crippen LogP contribution in [0.15, 0.2) is 18.2 Å². The number of ether oxygens (including phenoxy) is 3. The van der Waals surface area contributed by atoms with E-state index in [1.54, 1.807) is 25.1 Å². The van der Waals surface area contributed by atoms with E-state index in [-0.39, 0.29) is 13.2 Å². The molecule has 0 aliphatic carbocycles. The van der Waals surface area contributed by atoms with Crippen LogP contribution in [0.5, 0.6) is 11.5 Å². The summed E-state index contributed by atoms with van der Waals surface area (Å²) >= 11 is 0. The molecule has 0 saturated carbocycles. The SMILES string of the molecule is COCC(C)(O)CNC(=O)Nc1cc(OC)cc(OC)c1. The smallest absolute Gasteiger partial charge is 0.319 e. The lowest BCUT2D eigenvalue weighted by atomic mass is 10.1. The molecule has 0 aromatic heterocycles. The highest BCUT2D eigenvalue weighted by atomic mass is 16.5. The van der Waals surface area contributed by atoms with Crippen molar-refractivity contribution >= 4 is 11.7 Å². The van der Waals surface area contributed by atoms with Crippen LogP contribution >= 0.6 is 0 Å². The maximum Gasteiger partial charge on any atom is 0.319 e. The summed E-state index contributed by atoms with van der Waals surface area (Å²) in [6, 6.07) is 4.58. The summed E-state index contributed by atoms with van der Waals surface area (Å²) in [6.45, 7) is 1.76. The summed E-state index contributed by atoms with van der Waals surface area (Å²) in [7, 11) is 4.54. The number of amides is 2. The van der Waals surface area contributed by atoms with E-state index in [9.17, 15) is 9.90 Å². The fourth-order valence-corrected chi connectivity index (χ4v) is 1.69. The quantitative estimate of drug-likeness (QED) is 0.704. The van der Waals surface area contributed by atoms with Gasteiger partial charge in [-0.2, -0.15) is 0 Å². The maximum atomic E-state index is 11.8. The minimum absolute atomic E-state index is 0.0633. The maximum absolute atomic E-state index is 11.8. The third-order valence-corrected chi connectivity index (χ3v) is 2.69. The van der Waals surface area contributed by atoms with E-state index >= 15 is 0 Å². The summed E-state index contributed by atoms with van der Waals surface area (Å²) < 4.78 is 15.1. The third kappa shape index (κ3) is 5.88. The number of nitrogens with one attached hydrogen (secondary N) is 2. The molecule has 3 N–H and O–H groups in total. The van der Waals surface area contributed by atoms with Crippen LogP contribution < -0.4 is 20.1 Å². The summed E-state index contributed by atoms with van der Waals surface area (Å²) in [5.74, 6) is 1.13. The van der Waals surface area contributed by atoms with Crippen molar-refractivity contribution in [2.45, 2.75) is 12.5 Å². The van der Waals surface area contributed by atoms with Crippen LogP contribution in [0.1, 0.15) is 6.92 Å². The molecule has 0 fully saturated rings. The zero-order valence-corrected chi connectivity index (χ0v) is 12.7. The average Bonchev–Trinajstić information content (AvgIpc) is 2.44. The molecule has 21 heavy (non-hydrogen) atoms. The van der Waals surface area contributed by atoms with Crippen molar-refractivity contribution < 1.29 is 24.1 Å². The van der Waals surface area contributed by atoms with E-state index in [2.05, 4.69) is 10.6 Å². The number of anilines is 1. The van der Waals surface area contributed by atoms with Gasteiger partial charge in [-0.3, -0.25) is 0 Å². The number of aliphatic hydroxyl groups is 1. The van der Waals surface area contributed by atoms with Gasteiger partial charge in [-0.15, -0.1) is 0 Å². The van der Waals surface area contributed by atoms with E-state index in [1.165, 1.54) is 21.3 Å². The fourth-order valence-electron chi connectivity index (χ4n) is 1.69. The molecule has 1 unspecified atom stereocenters. The van der Waals surface area contributed by atoms with E-state index in [4.69, 9.17) is 14.2 Å². The van der Waals surface area contributed by atoms with Gasteiger partial charge in [0.15, 0.2) is 0 Å². The molecule has 1 aromatic carbocycles. The van der Waals surface area contributed by atoms with Crippen molar-refractivity contribution in [2.24, 2.45) is 0 Å². The molecule has 118 valence electrons. The first-order valence-corrected chi connectivity index (χ1v) is 6.39. The van der Waals surface area contributed by atoms with Crippen LogP contribution in [-0.4, -0.2) is 51.2 Å². The molecule has 0 saturated heterocycles. The molecule has 1 rings (SSSR count). The van der Waals surface area contributed by atoms with Crippen molar-refractivity contribution in [1.82, 2.24) is 5.32 Å². The first-order valence-electron chi connectivity index (χ1n) is 6.39. The highest BCUT2D eigenvalue weighted by molar-refractivity contribution is 5.89. The van der Waals surface area contributed by atoms with Gasteiger partial charge in [0.1, 0.15) is 17.1 Å². The van der Waals surface area contributed by atoms with Crippen LogP contribution in [0.2, 0.25) is 0 Å². The predicted molar refractivity (Wildman–Crippen MR) is 79.1 cm³/mol. The molecule has 1 atom stereocenters. The van der Waals surface area contributed by atoms with Gasteiger partial charge in [0.2, 0.25) is 0 Å². The Bertz CT molecular complexity index is 454. The Morgan fingerprint density at radius 1 is 1.19 bits per heavy atom. The number of benzene rings is 1. The van der Waals surface area contributed by atoms with Crippen molar-refractivity contribution in [1.29, 1.82) is 0 Å². The third-order valence-electron chi connectivity index (χ3n) is 2.69. The standard InChI is InChI=1S/C14H22N2O5/c1-14(18,9-19-2)8-15-13(17)16-10-5-11(20-3)7-12(6-10)21-4/h5-7,18H,8-9H2,1-4H3,(H2,15,16,17). The first-order chi connectivity index (χ1) is 9.90. The molecule has 0 heterocycles.